The van der Waals surface area contributed by atoms with Gasteiger partial charge < -0.3 is 68.5 Å². The van der Waals surface area contributed by atoms with E-state index in [-0.39, 0.29) is 32.2 Å². The predicted molar refractivity (Wildman–Crippen MR) is 263 cm³/mol. The topological polar surface area (TPSA) is 361 Å². The summed E-state index contributed by atoms with van der Waals surface area (Å²) in [6.07, 6.45) is 6.42. The van der Waals surface area contributed by atoms with Crippen LogP contribution in [-0.4, -0.2) is 126 Å². The molecule has 22 heteroatoms. The molecule has 3 aromatic heterocycles. The van der Waals surface area contributed by atoms with Crippen LogP contribution in [0.4, 0.5) is 0 Å². The van der Waals surface area contributed by atoms with Gasteiger partial charge in [0, 0.05) is 58.9 Å². The van der Waals surface area contributed by atoms with Gasteiger partial charge in [0.15, 0.2) is 0 Å². The maximum Gasteiger partial charge on any atom is 0.326 e. The first kappa shape index (κ1) is 54.4. The number of carboxylic acids is 2. The quantitative estimate of drug-likeness (QED) is 0.0312. The number of hydrogen-bond donors (Lipinski definition) is 13. The normalized spacial score (nSPS) is 14.8. The zero-order valence-electron chi connectivity index (χ0n) is 40.3. The van der Waals surface area contributed by atoms with Gasteiger partial charge in [-0.15, -0.1) is 0 Å². The zero-order valence-corrected chi connectivity index (χ0v) is 40.3. The van der Waals surface area contributed by atoms with E-state index in [9.17, 15) is 48.6 Å². The fourth-order valence-corrected chi connectivity index (χ4v) is 8.14. The fourth-order valence-electron chi connectivity index (χ4n) is 8.14. The lowest BCUT2D eigenvalue weighted by atomic mass is 9.96. The Morgan fingerprint density at radius 1 is 0.620 bits per heavy atom. The molecule has 5 aromatic rings. The van der Waals surface area contributed by atoms with Gasteiger partial charge in [0.25, 0.3) is 0 Å². The highest BCUT2D eigenvalue weighted by atomic mass is 16.4. The third kappa shape index (κ3) is 15.2. The molecule has 8 atom stereocenters. The van der Waals surface area contributed by atoms with E-state index in [0.717, 1.165) is 27.4 Å². The lowest BCUT2D eigenvalue weighted by molar-refractivity contribution is -0.143. The lowest BCUT2D eigenvalue weighted by Crippen LogP contribution is -2.61. The molecule has 0 unspecified atom stereocenters. The fraction of sp³-hybridized carbons (Fsp3) is 0.449. The Hall–Kier alpha value is -7.59. The smallest absolute Gasteiger partial charge is 0.326 e. The summed E-state index contributed by atoms with van der Waals surface area (Å²) in [5, 5.41) is 37.0. The summed E-state index contributed by atoms with van der Waals surface area (Å²) in [7, 11) is 0. The number of nitrogens with zero attached hydrogens (tertiary/aromatic N) is 1. The molecule has 0 saturated heterocycles. The van der Waals surface area contributed by atoms with Gasteiger partial charge in [-0.3, -0.25) is 33.6 Å². The van der Waals surface area contributed by atoms with E-state index < -0.39 is 108 Å². The molecular formula is C49H66N12O10. The Morgan fingerprint density at radius 2 is 1.14 bits per heavy atom. The minimum Gasteiger partial charge on any atom is -0.481 e. The number of H-pyrrole nitrogens is 3. The van der Waals surface area contributed by atoms with Gasteiger partial charge in [-0.05, 0) is 67.3 Å². The molecular weight excluding hydrogens is 917 g/mol. The van der Waals surface area contributed by atoms with Crippen LogP contribution < -0.4 is 43.4 Å². The van der Waals surface area contributed by atoms with Crippen LogP contribution in [0.3, 0.4) is 0 Å². The van der Waals surface area contributed by atoms with Crippen LogP contribution in [0.1, 0.15) is 76.6 Å². The molecule has 0 saturated carbocycles. The molecule has 382 valence electrons. The number of carbonyl (C=O) groups excluding carboxylic acids is 6. The number of unbranched alkanes of at least 4 members (excludes halogenated alkanes) is 1. The summed E-state index contributed by atoms with van der Waals surface area (Å²) in [6.45, 7) is 7.00. The number of fused-ring (bicyclic) bond motifs is 2. The number of carbonyl (C=O) groups is 8. The standard InChI is InChI=1S/C49H66N12O10/c1-5-27(4)42(61-44(65)36(16-10-11-17-50)56-46(67)39(21-40(62)63)57-43(64)33(51)18-28-22-53-34-14-8-6-12-31(28)34)48(69)59-37(19-29-23-54-35-15-9-7-13-32(29)35)45(66)58-38(20-30-24-52-25-55-30)47(68)60-41(26(2)3)49(70)71/h6-9,12-15,22-27,33,36-39,41-42,53-54H,5,10-11,16-21,50-51H2,1-4H3,(H,52,55)(H,56,67)(H,57,64)(H,58,66)(H,59,69)(H,60,68)(H,61,65)(H,62,63)(H,70,71)/t27-,33-,36-,37-,38-,39-,41-,42-/m0/s1. The third-order valence-corrected chi connectivity index (χ3v) is 12.4. The number of aromatic amines is 3. The largest absolute Gasteiger partial charge is 0.481 e. The number of imidazole rings is 1. The average molecular weight is 983 g/mol. The van der Waals surface area contributed by atoms with Crippen molar-refractivity contribution in [3.63, 3.8) is 0 Å². The molecule has 0 aliphatic carbocycles. The molecule has 0 radical (unpaired) electrons. The number of nitrogens with two attached hydrogens (primary N) is 2. The van der Waals surface area contributed by atoms with Crippen molar-refractivity contribution in [2.75, 3.05) is 6.54 Å². The molecule has 6 amide bonds. The maximum absolute atomic E-state index is 14.6. The summed E-state index contributed by atoms with van der Waals surface area (Å²) in [4.78, 5) is 122. The van der Waals surface area contributed by atoms with Crippen molar-refractivity contribution in [3.05, 3.63) is 90.3 Å². The number of para-hydroxylation sites is 2. The molecule has 0 aliphatic rings. The number of hydrogen-bond acceptors (Lipinski definition) is 11. The monoisotopic (exact) mass is 983 g/mol. The molecule has 0 spiro atoms. The average Bonchev–Trinajstić information content (AvgIpc) is 4.11. The number of rotatable bonds is 28. The summed E-state index contributed by atoms with van der Waals surface area (Å²) in [6, 6.07) is 5.25. The number of aromatic nitrogens is 4. The Labute approximate surface area is 410 Å². The van der Waals surface area contributed by atoms with Crippen LogP contribution in [-0.2, 0) is 57.6 Å². The maximum atomic E-state index is 14.6. The number of benzene rings is 2. The molecule has 3 heterocycles. The molecule has 0 bridgehead atoms. The number of nitrogens with one attached hydrogen (secondary N) is 9. The van der Waals surface area contributed by atoms with Crippen molar-refractivity contribution in [1.29, 1.82) is 0 Å². The minimum absolute atomic E-state index is 0.0162. The van der Waals surface area contributed by atoms with E-state index in [1.807, 2.05) is 48.5 Å². The number of carboxylic acid groups (broad SMARTS) is 2. The van der Waals surface area contributed by atoms with Crippen LogP contribution in [0.2, 0.25) is 0 Å². The van der Waals surface area contributed by atoms with Gasteiger partial charge in [0.2, 0.25) is 35.4 Å². The van der Waals surface area contributed by atoms with E-state index in [4.69, 9.17) is 11.5 Å². The van der Waals surface area contributed by atoms with Gasteiger partial charge >= 0.3 is 11.9 Å². The van der Waals surface area contributed by atoms with Crippen LogP contribution in [0, 0.1) is 11.8 Å². The summed E-state index contributed by atoms with van der Waals surface area (Å²) < 4.78 is 0. The van der Waals surface area contributed by atoms with E-state index in [1.165, 1.54) is 12.5 Å². The Morgan fingerprint density at radius 3 is 1.70 bits per heavy atom. The van der Waals surface area contributed by atoms with Crippen LogP contribution in [0.25, 0.3) is 21.8 Å². The first-order chi connectivity index (χ1) is 33.9. The Balaban J connectivity index is 1.38. The van der Waals surface area contributed by atoms with Crippen molar-refractivity contribution in [2.45, 2.75) is 121 Å². The molecule has 15 N–H and O–H groups in total. The zero-order chi connectivity index (χ0) is 51.8. The molecule has 71 heavy (non-hydrogen) atoms. The second-order valence-electron chi connectivity index (χ2n) is 18.1. The van der Waals surface area contributed by atoms with Gasteiger partial charge in [-0.1, -0.05) is 70.5 Å². The number of amides is 6. The minimum atomic E-state index is -1.64. The molecule has 22 nitrogen and oxygen atoms in total. The highest BCUT2D eigenvalue weighted by Crippen LogP contribution is 2.21. The van der Waals surface area contributed by atoms with E-state index in [1.54, 1.807) is 40.1 Å². The van der Waals surface area contributed by atoms with Crippen LogP contribution in [0.5, 0.6) is 0 Å². The van der Waals surface area contributed by atoms with Crippen molar-refractivity contribution in [2.24, 2.45) is 23.3 Å². The highest BCUT2D eigenvalue weighted by molar-refractivity contribution is 5.98. The van der Waals surface area contributed by atoms with Crippen LogP contribution >= 0.6 is 0 Å². The molecule has 0 fully saturated rings. The van der Waals surface area contributed by atoms with E-state index in [2.05, 4.69) is 51.8 Å². The van der Waals surface area contributed by atoms with Crippen molar-refractivity contribution >= 4 is 69.2 Å². The lowest BCUT2D eigenvalue weighted by Gasteiger charge is -2.29. The predicted octanol–water partition coefficient (Wildman–Crippen LogP) is 1.03. The van der Waals surface area contributed by atoms with Gasteiger partial charge in [0.05, 0.1) is 18.8 Å². The molecule has 2 aromatic carbocycles. The SMILES string of the molecule is CC[C@H](C)[C@H](NC(=O)[C@H](CCCCN)NC(=O)[C@H](CC(=O)O)NC(=O)[C@@H](N)Cc1c[nH]c2ccccc12)C(=O)N[C@@H](Cc1c[nH]c2ccccc12)C(=O)N[C@@H](Cc1cnc[nH]1)C(=O)N[C@H](C(=O)O)C(C)C. The van der Waals surface area contributed by atoms with Gasteiger partial charge in [0.1, 0.15) is 36.3 Å². The summed E-state index contributed by atoms with van der Waals surface area (Å²) in [5.41, 5.74) is 15.4. The van der Waals surface area contributed by atoms with Gasteiger partial charge in [-0.25, -0.2) is 9.78 Å². The highest BCUT2D eigenvalue weighted by Gasteiger charge is 2.36. The Kier molecular flexibility index (Phi) is 19.8. The van der Waals surface area contributed by atoms with Crippen molar-refractivity contribution < 1.29 is 48.6 Å². The second-order valence-corrected chi connectivity index (χ2v) is 18.1. The first-order valence-corrected chi connectivity index (χ1v) is 23.7. The van der Waals surface area contributed by atoms with E-state index >= 15 is 0 Å². The first-order valence-electron chi connectivity index (χ1n) is 23.7. The summed E-state index contributed by atoms with van der Waals surface area (Å²) in [5.74, 6) is -8.70. The number of aliphatic carboxylic acids is 2. The van der Waals surface area contributed by atoms with Crippen molar-refractivity contribution in [1.82, 2.24) is 51.8 Å². The summed E-state index contributed by atoms with van der Waals surface area (Å²) >= 11 is 0. The third-order valence-electron chi connectivity index (χ3n) is 12.4. The van der Waals surface area contributed by atoms with E-state index in [0.29, 0.717) is 30.5 Å². The molecule has 5 rings (SSSR count). The van der Waals surface area contributed by atoms with Crippen molar-refractivity contribution in [3.8, 4) is 0 Å². The second kappa shape index (κ2) is 25.9. The van der Waals surface area contributed by atoms with Crippen LogP contribution in [0.15, 0.2) is 73.4 Å². The Bertz CT molecular complexity index is 2630. The van der Waals surface area contributed by atoms with Gasteiger partial charge in [-0.2, -0.15) is 0 Å². The molecule has 0 aliphatic heterocycles.